The van der Waals surface area contributed by atoms with Crippen LogP contribution in [0.5, 0.6) is 0 Å². The van der Waals surface area contributed by atoms with Crippen LogP contribution < -0.4 is 5.73 Å². The fourth-order valence-electron chi connectivity index (χ4n) is 1.44. The van der Waals surface area contributed by atoms with E-state index in [1.165, 1.54) is 13.1 Å². The number of nitriles is 1. The fraction of sp³-hybridized carbons (Fsp3) is 0.364. The van der Waals surface area contributed by atoms with Gasteiger partial charge in [0.2, 0.25) is 10.0 Å². The van der Waals surface area contributed by atoms with Gasteiger partial charge in [-0.3, -0.25) is 0 Å². The minimum Gasteiger partial charge on any atom is -0.398 e. The third-order valence-corrected chi connectivity index (χ3v) is 5.21. The lowest BCUT2D eigenvalue weighted by atomic mass is 10.2. The molecule has 1 aromatic rings. The molecule has 0 fully saturated rings. The minimum absolute atomic E-state index is 0.154. The summed E-state index contributed by atoms with van der Waals surface area (Å²) in [5.41, 5.74) is 6.68. The van der Waals surface area contributed by atoms with Crippen LogP contribution in [0.4, 0.5) is 5.69 Å². The quantitative estimate of drug-likeness (QED) is 0.853. The molecule has 98 valence electrons. The molecule has 0 saturated carbocycles. The number of aryl methyl sites for hydroxylation is 1. The third-order valence-electron chi connectivity index (χ3n) is 2.52. The van der Waals surface area contributed by atoms with Crippen LogP contribution in [0.25, 0.3) is 0 Å². The highest BCUT2D eigenvalue weighted by Crippen LogP contribution is 2.28. The molecule has 2 N–H and O–H groups in total. The van der Waals surface area contributed by atoms with Crippen molar-refractivity contribution in [2.75, 3.05) is 19.3 Å². The molecule has 0 atom stereocenters. The highest BCUT2D eigenvalue weighted by molar-refractivity contribution is 9.10. The summed E-state index contributed by atoms with van der Waals surface area (Å²) in [5.74, 6) is 0. The van der Waals surface area contributed by atoms with Crippen LogP contribution >= 0.6 is 15.9 Å². The molecule has 0 aliphatic rings. The second-order valence-electron chi connectivity index (χ2n) is 3.87. The zero-order chi connectivity index (χ0) is 13.9. The molecule has 0 aromatic heterocycles. The molecule has 0 saturated heterocycles. The molecule has 0 spiro atoms. The molecule has 0 unspecified atom stereocenters. The molecule has 5 nitrogen and oxygen atoms in total. The van der Waals surface area contributed by atoms with E-state index in [2.05, 4.69) is 15.9 Å². The second-order valence-corrected chi connectivity index (χ2v) is 6.74. The van der Waals surface area contributed by atoms with E-state index in [4.69, 9.17) is 11.0 Å². The first kappa shape index (κ1) is 15.0. The topological polar surface area (TPSA) is 87.2 Å². The number of rotatable bonds is 4. The Kier molecular flexibility index (Phi) is 4.73. The molecule has 0 heterocycles. The number of anilines is 1. The van der Waals surface area contributed by atoms with E-state index in [1.807, 2.05) is 6.07 Å². The molecular weight excluding hydrogens is 318 g/mol. The Balaban J connectivity index is 3.21. The van der Waals surface area contributed by atoms with Crippen molar-refractivity contribution in [2.24, 2.45) is 0 Å². The average Bonchev–Trinajstić information content (AvgIpc) is 2.30. The van der Waals surface area contributed by atoms with Crippen LogP contribution in [0.15, 0.2) is 21.5 Å². The molecule has 0 radical (unpaired) electrons. The number of nitrogens with two attached hydrogens (primary N) is 1. The monoisotopic (exact) mass is 331 g/mol. The molecule has 1 rings (SSSR count). The first-order chi connectivity index (χ1) is 8.30. The average molecular weight is 332 g/mol. The van der Waals surface area contributed by atoms with Gasteiger partial charge in [-0.15, -0.1) is 0 Å². The number of halogens is 1. The minimum atomic E-state index is -3.60. The SMILES string of the molecule is Cc1cc(Br)c(N)cc1S(=O)(=O)N(C)CCC#N. The van der Waals surface area contributed by atoms with E-state index >= 15 is 0 Å². The van der Waals surface area contributed by atoms with Crippen LogP contribution in [-0.4, -0.2) is 26.3 Å². The number of nitrogens with zero attached hydrogens (tertiary/aromatic N) is 2. The Labute approximate surface area is 115 Å². The van der Waals surface area contributed by atoms with Gasteiger partial charge < -0.3 is 5.73 Å². The summed E-state index contributed by atoms with van der Waals surface area (Å²) < 4.78 is 26.4. The molecule has 0 aliphatic heterocycles. The van der Waals surface area contributed by atoms with Crippen LogP contribution in [0, 0.1) is 18.3 Å². The number of nitrogen functional groups attached to an aromatic ring is 1. The lowest BCUT2D eigenvalue weighted by Gasteiger charge is -2.18. The molecule has 1 aromatic carbocycles. The van der Waals surface area contributed by atoms with Gasteiger partial charge in [0.15, 0.2) is 0 Å². The zero-order valence-electron chi connectivity index (χ0n) is 10.1. The van der Waals surface area contributed by atoms with Crippen LogP contribution in [0.1, 0.15) is 12.0 Å². The summed E-state index contributed by atoms with van der Waals surface area (Å²) in [6, 6.07) is 5.01. The normalized spacial score (nSPS) is 11.5. The Morgan fingerprint density at radius 1 is 1.50 bits per heavy atom. The highest BCUT2D eigenvalue weighted by Gasteiger charge is 2.23. The van der Waals surface area contributed by atoms with Crippen molar-refractivity contribution in [1.29, 1.82) is 5.26 Å². The van der Waals surface area contributed by atoms with Crippen molar-refractivity contribution in [3.8, 4) is 6.07 Å². The number of sulfonamides is 1. The summed E-state index contributed by atoms with van der Waals surface area (Å²) in [6.45, 7) is 1.86. The van der Waals surface area contributed by atoms with Crippen LogP contribution in [0.2, 0.25) is 0 Å². The first-order valence-electron chi connectivity index (χ1n) is 5.19. The lowest BCUT2D eigenvalue weighted by molar-refractivity contribution is 0.476. The van der Waals surface area contributed by atoms with Crippen molar-refractivity contribution in [2.45, 2.75) is 18.2 Å². The number of hydrogen-bond acceptors (Lipinski definition) is 4. The summed E-state index contributed by atoms with van der Waals surface area (Å²) in [6.07, 6.45) is 0.154. The van der Waals surface area contributed by atoms with Crippen LogP contribution in [0.3, 0.4) is 0 Å². The van der Waals surface area contributed by atoms with E-state index in [1.54, 1.807) is 13.0 Å². The van der Waals surface area contributed by atoms with Gasteiger partial charge in [-0.1, -0.05) is 0 Å². The summed E-state index contributed by atoms with van der Waals surface area (Å²) in [4.78, 5) is 0.170. The summed E-state index contributed by atoms with van der Waals surface area (Å²) in [5, 5.41) is 8.49. The Morgan fingerprint density at radius 3 is 2.67 bits per heavy atom. The fourth-order valence-corrected chi connectivity index (χ4v) is 3.31. The summed E-state index contributed by atoms with van der Waals surface area (Å²) in [7, 11) is -2.15. The maximum Gasteiger partial charge on any atom is 0.243 e. The van der Waals surface area contributed by atoms with Gasteiger partial charge >= 0.3 is 0 Å². The van der Waals surface area contributed by atoms with Crippen molar-refractivity contribution in [1.82, 2.24) is 4.31 Å². The zero-order valence-corrected chi connectivity index (χ0v) is 12.5. The van der Waals surface area contributed by atoms with E-state index < -0.39 is 10.0 Å². The van der Waals surface area contributed by atoms with Gasteiger partial charge in [0.25, 0.3) is 0 Å². The summed E-state index contributed by atoms with van der Waals surface area (Å²) >= 11 is 3.25. The molecule has 0 aliphatic carbocycles. The van der Waals surface area contributed by atoms with Crippen LogP contribution in [-0.2, 0) is 10.0 Å². The Hall–Kier alpha value is -1.10. The van der Waals surface area contributed by atoms with Gasteiger partial charge in [0.05, 0.1) is 11.0 Å². The molecule has 0 amide bonds. The van der Waals surface area contributed by atoms with Gasteiger partial charge in [-0.05, 0) is 40.5 Å². The van der Waals surface area contributed by atoms with E-state index in [0.717, 1.165) is 4.31 Å². The number of hydrogen-bond donors (Lipinski definition) is 1. The van der Waals surface area contributed by atoms with Crippen molar-refractivity contribution in [3.05, 3.63) is 22.2 Å². The number of benzene rings is 1. The standard InChI is InChI=1S/C11H14BrN3O2S/c1-8-6-9(12)10(14)7-11(8)18(16,17)15(2)5-3-4-13/h6-7H,3,5,14H2,1-2H3. The molecular formula is C11H14BrN3O2S. The molecule has 18 heavy (non-hydrogen) atoms. The molecule has 7 heteroatoms. The highest BCUT2D eigenvalue weighted by atomic mass is 79.9. The lowest BCUT2D eigenvalue weighted by Crippen LogP contribution is -2.28. The Morgan fingerprint density at radius 2 is 2.11 bits per heavy atom. The smallest absolute Gasteiger partial charge is 0.243 e. The van der Waals surface area contributed by atoms with Gasteiger partial charge in [0, 0.05) is 30.2 Å². The van der Waals surface area contributed by atoms with E-state index in [-0.39, 0.29) is 17.9 Å². The predicted octanol–water partition coefficient (Wildman–Crippen LogP) is 1.87. The van der Waals surface area contributed by atoms with Gasteiger partial charge in [0.1, 0.15) is 0 Å². The molecule has 0 bridgehead atoms. The second kappa shape index (κ2) is 5.69. The maximum absolute atomic E-state index is 12.3. The van der Waals surface area contributed by atoms with Gasteiger partial charge in [-0.25, -0.2) is 8.42 Å². The first-order valence-corrected chi connectivity index (χ1v) is 7.43. The Bertz CT molecular complexity index is 593. The third kappa shape index (κ3) is 3.02. The maximum atomic E-state index is 12.3. The van der Waals surface area contributed by atoms with Crippen molar-refractivity contribution >= 4 is 31.6 Å². The largest absolute Gasteiger partial charge is 0.398 e. The predicted molar refractivity (Wildman–Crippen MR) is 73.3 cm³/mol. The van der Waals surface area contributed by atoms with E-state index in [0.29, 0.717) is 15.7 Å². The van der Waals surface area contributed by atoms with Crippen molar-refractivity contribution in [3.63, 3.8) is 0 Å². The van der Waals surface area contributed by atoms with E-state index in [9.17, 15) is 8.42 Å². The van der Waals surface area contributed by atoms with Gasteiger partial charge in [-0.2, -0.15) is 9.57 Å². The van der Waals surface area contributed by atoms with Crippen molar-refractivity contribution < 1.29 is 8.42 Å².